The van der Waals surface area contributed by atoms with Crippen LogP contribution >= 0.6 is 11.6 Å². The maximum atomic E-state index is 12.2. The van der Waals surface area contributed by atoms with Gasteiger partial charge in [0.2, 0.25) is 11.2 Å². The van der Waals surface area contributed by atoms with E-state index in [-0.39, 0.29) is 17.7 Å². The number of hydrogen-bond donors (Lipinski definition) is 1. The Morgan fingerprint density at radius 3 is 2.57 bits per heavy atom. The van der Waals surface area contributed by atoms with Gasteiger partial charge in [0.15, 0.2) is 5.82 Å². The Labute approximate surface area is 138 Å². The molecule has 0 spiro atoms. The van der Waals surface area contributed by atoms with Crippen LogP contribution in [-0.4, -0.2) is 20.7 Å². The molecule has 1 heterocycles. The minimum atomic E-state index is -0.203. The Morgan fingerprint density at radius 2 is 1.83 bits per heavy atom. The third-order valence-electron chi connectivity index (χ3n) is 3.37. The van der Waals surface area contributed by atoms with Crippen LogP contribution in [0.1, 0.15) is 5.56 Å². The molecule has 23 heavy (non-hydrogen) atoms. The predicted octanol–water partition coefficient (Wildman–Crippen LogP) is 3.55. The highest BCUT2D eigenvalue weighted by atomic mass is 35.5. The van der Waals surface area contributed by atoms with Crippen molar-refractivity contribution in [2.75, 3.05) is 5.32 Å². The van der Waals surface area contributed by atoms with Crippen molar-refractivity contribution in [3.8, 4) is 11.4 Å². The maximum absolute atomic E-state index is 12.2. The summed E-state index contributed by atoms with van der Waals surface area (Å²) in [5.74, 6) is 0.296. The Morgan fingerprint density at radius 1 is 1.13 bits per heavy atom. The molecule has 0 saturated carbocycles. The molecule has 0 saturated heterocycles. The molecular formula is C17H15ClN4O. The van der Waals surface area contributed by atoms with Crippen LogP contribution in [0.15, 0.2) is 54.6 Å². The molecule has 0 radical (unpaired) electrons. The first kappa shape index (κ1) is 15.2. The molecule has 3 rings (SSSR count). The van der Waals surface area contributed by atoms with Gasteiger partial charge < -0.3 is 5.32 Å². The highest BCUT2D eigenvalue weighted by molar-refractivity contribution is 6.28. The molecular weight excluding hydrogens is 312 g/mol. The second-order valence-corrected chi connectivity index (χ2v) is 5.43. The third-order valence-corrected chi connectivity index (χ3v) is 3.65. The lowest BCUT2D eigenvalue weighted by Crippen LogP contribution is -2.20. The van der Waals surface area contributed by atoms with Gasteiger partial charge in [-0.15, -0.1) is 5.10 Å². The van der Waals surface area contributed by atoms with Crippen LogP contribution in [0.25, 0.3) is 11.4 Å². The summed E-state index contributed by atoms with van der Waals surface area (Å²) in [5.41, 5.74) is 2.62. The molecule has 0 bridgehead atoms. The van der Waals surface area contributed by atoms with Crippen molar-refractivity contribution in [1.82, 2.24) is 14.8 Å². The number of hydrogen-bond acceptors (Lipinski definition) is 3. The number of carbonyl (C=O) groups excluding carboxylic acids is 1. The zero-order valence-corrected chi connectivity index (χ0v) is 13.3. The Bertz CT molecular complexity index is 830. The zero-order valence-electron chi connectivity index (χ0n) is 12.5. The van der Waals surface area contributed by atoms with E-state index in [1.165, 1.54) is 4.68 Å². The normalized spacial score (nSPS) is 10.5. The second-order valence-electron chi connectivity index (χ2n) is 5.09. The quantitative estimate of drug-likeness (QED) is 0.797. The molecule has 0 aliphatic heterocycles. The molecule has 3 aromatic rings. The van der Waals surface area contributed by atoms with Gasteiger partial charge in [0.25, 0.3) is 0 Å². The maximum Gasteiger partial charge on any atom is 0.246 e. The molecule has 116 valence electrons. The number of amides is 1. The SMILES string of the molecule is Cc1ccccc1NC(=O)Cn1nc(-c2ccccc2)nc1Cl. The summed E-state index contributed by atoms with van der Waals surface area (Å²) in [7, 11) is 0. The monoisotopic (exact) mass is 326 g/mol. The lowest BCUT2D eigenvalue weighted by molar-refractivity contribution is -0.116. The molecule has 0 unspecified atom stereocenters. The average Bonchev–Trinajstić information content (AvgIpc) is 2.91. The number of halogens is 1. The third kappa shape index (κ3) is 3.57. The van der Waals surface area contributed by atoms with Gasteiger partial charge in [-0.3, -0.25) is 4.79 Å². The van der Waals surface area contributed by atoms with Crippen molar-refractivity contribution < 1.29 is 4.79 Å². The number of para-hydroxylation sites is 1. The van der Waals surface area contributed by atoms with Crippen molar-refractivity contribution in [2.45, 2.75) is 13.5 Å². The van der Waals surface area contributed by atoms with E-state index in [0.29, 0.717) is 5.82 Å². The lowest BCUT2D eigenvalue weighted by atomic mass is 10.2. The number of anilines is 1. The van der Waals surface area contributed by atoms with Crippen molar-refractivity contribution in [2.24, 2.45) is 0 Å². The smallest absolute Gasteiger partial charge is 0.246 e. The van der Waals surface area contributed by atoms with E-state index in [1.807, 2.05) is 61.5 Å². The van der Waals surface area contributed by atoms with Crippen LogP contribution in [0.3, 0.4) is 0 Å². The Balaban J connectivity index is 1.74. The largest absolute Gasteiger partial charge is 0.324 e. The molecule has 0 atom stereocenters. The molecule has 1 N–H and O–H groups in total. The van der Waals surface area contributed by atoms with Gasteiger partial charge >= 0.3 is 0 Å². The van der Waals surface area contributed by atoms with Crippen molar-refractivity contribution in [1.29, 1.82) is 0 Å². The van der Waals surface area contributed by atoms with E-state index in [4.69, 9.17) is 11.6 Å². The predicted molar refractivity (Wildman–Crippen MR) is 90.3 cm³/mol. The van der Waals surface area contributed by atoms with E-state index in [9.17, 15) is 4.79 Å². The van der Waals surface area contributed by atoms with Gasteiger partial charge in [-0.1, -0.05) is 48.5 Å². The first-order chi connectivity index (χ1) is 11.1. The number of benzene rings is 2. The summed E-state index contributed by atoms with van der Waals surface area (Å²) >= 11 is 6.08. The Hall–Kier alpha value is -2.66. The van der Waals surface area contributed by atoms with Gasteiger partial charge in [0, 0.05) is 11.3 Å². The number of nitrogens with zero attached hydrogens (tertiary/aromatic N) is 3. The standard InChI is InChI=1S/C17H15ClN4O/c1-12-7-5-6-10-14(12)19-15(23)11-22-17(18)20-16(21-22)13-8-3-2-4-9-13/h2-10H,11H2,1H3,(H,19,23). The van der Waals surface area contributed by atoms with Crippen molar-refractivity contribution in [3.05, 3.63) is 65.4 Å². The van der Waals surface area contributed by atoms with Gasteiger partial charge in [0.1, 0.15) is 6.54 Å². The summed E-state index contributed by atoms with van der Waals surface area (Å²) in [6.45, 7) is 1.94. The van der Waals surface area contributed by atoms with E-state index in [2.05, 4.69) is 15.4 Å². The fourth-order valence-corrected chi connectivity index (χ4v) is 2.35. The van der Waals surface area contributed by atoms with Crippen LogP contribution in [0.4, 0.5) is 5.69 Å². The van der Waals surface area contributed by atoms with Crippen LogP contribution < -0.4 is 5.32 Å². The van der Waals surface area contributed by atoms with Crippen LogP contribution in [0, 0.1) is 6.92 Å². The first-order valence-electron chi connectivity index (χ1n) is 7.15. The molecule has 1 amide bonds. The van der Waals surface area contributed by atoms with Gasteiger partial charge in [-0.25, -0.2) is 4.68 Å². The molecule has 0 aliphatic carbocycles. The molecule has 1 aromatic heterocycles. The average molecular weight is 327 g/mol. The van der Waals surface area contributed by atoms with E-state index < -0.39 is 0 Å². The van der Waals surface area contributed by atoms with Crippen LogP contribution in [0.2, 0.25) is 5.28 Å². The number of aromatic nitrogens is 3. The molecule has 2 aromatic carbocycles. The van der Waals surface area contributed by atoms with Gasteiger partial charge in [-0.05, 0) is 30.2 Å². The summed E-state index contributed by atoms with van der Waals surface area (Å²) < 4.78 is 1.39. The summed E-state index contributed by atoms with van der Waals surface area (Å²) in [6, 6.07) is 17.1. The second kappa shape index (κ2) is 6.62. The van der Waals surface area contributed by atoms with Crippen LogP contribution in [-0.2, 0) is 11.3 Å². The zero-order chi connectivity index (χ0) is 16.2. The molecule has 5 nitrogen and oxygen atoms in total. The summed E-state index contributed by atoms with van der Waals surface area (Å²) in [6.07, 6.45) is 0. The topological polar surface area (TPSA) is 59.8 Å². The number of carbonyl (C=O) groups is 1. The summed E-state index contributed by atoms with van der Waals surface area (Å²) in [5, 5.41) is 7.33. The molecule has 0 fully saturated rings. The number of rotatable bonds is 4. The van der Waals surface area contributed by atoms with Crippen molar-refractivity contribution >= 4 is 23.2 Å². The van der Waals surface area contributed by atoms with E-state index >= 15 is 0 Å². The Kier molecular flexibility index (Phi) is 4.39. The van der Waals surface area contributed by atoms with Gasteiger partial charge in [0.05, 0.1) is 0 Å². The summed E-state index contributed by atoms with van der Waals surface area (Å²) in [4.78, 5) is 16.4. The highest BCUT2D eigenvalue weighted by Crippen LogP contribution is 2.18. The number of nitrogens with one attached hydrogen (secondary N) is 1. The van der Waals surface area contributed by atoms with Gasteiger partial charge in [-0.2, -0.15) is 4.98 Å². The lowest BCUT2D eigenvalue weighted by Gasteiger charge is -2.08. The molecule has 0 aliphatic rings. The van der Waals surface area contributed by atoms with Crippen molar-refractivity contribution in [3.63, 3.8) is 0 Å². The minimum absolute atomic E-state index is 0.00695. The molecule has 6 heteroatoms. The fraction of sp³-hybridized carbons (Fsp3) is 0.118. The highest BCUT2D eigenvalue weighted by Gasteiger charge is 2.13. The van der Waals surface area contributed by atoms with E-state index in [0.717, 1.165) is 16.8 Å². The fourth-order valence-electron chi connectivity index (χ4n) is 2.17. The minimum Gasteiger partial charge on any atom is -0.324 e. The van der Waals surface area contributed by atoms with Crippen LogP contribution in [0.5, 0.6) is 0 Å². The first-order valence-corrected chi connectivity index (χ1v) is 7.52. The van der Waals surface area contributed by atoms with E-state index in [1.54, 1.807) is 0 Å². The number of aryl methyl sites for hydroxylation is 1.